The summed E-state index contributed by atoms with van der Waals surface area (Å²) in [6, 6.07) is 15.9. The van der Waals surface area contributed by atoms with E-state index in [0.717, 1.165) is 25.7 Å². The van der Waals surface area contributed by atoms with Gasteiger partial charge in [0.25, 0.3) is 5.91 Å². The Morgan fingerprint density at radius 3 is 2.57 bits per heavy atom. The van der Waals surface area contributed by atoms with Gasteiger partial charge in [0.15, 0.2) is 0 Å². The number of likely N-dealkylation sites (tertiary alicyclic amines) is 1. The van der Waals surface area contributed by atoms with Gasteiger partial charge in [-0.15, -0.1) is 0 Å². The Bertz CT molecular complexity index is 792. The van der Waals surface area contributed by atoms with Crippen LogP contribution in [0.25, 0.3) is 0 Å². The van der Waals surface area contributed by atoms with E-state index in [1.807, 2.05) is 25.1 Å². The molecule has 0 bridgehead atoms. The molecule has 148 valence electrons. The monoisotopic (exact) mass is 382 g/mol. The number of halogens is 1. The molecule has 28 heavy (non-hydrogen) atoms. The van der Waals surface area contributed by atoms with Crippen LogP contribution in [0.5, 0.6) is 0 Å². The highest BCUT2D eigenvalue weighted by molar-refractivity contribution is 5.94. The van der Waals surface area contributed by atoms with Crippen molar-refractivity contribution in [2.75, 3.05) is 13.1 Å². The molecule has 2 amide bonds. The average molecular weight is 382 g/mol. The number of nitrogens with zero attached hydrogens (tertiary/aromatic N) is 1. The third kappa shape index (κ3) is 5.41. The van der Waals surface area contributed by atoms with Gasteiger partial charge in [0.1, 0.15) is 5.82 Å². The molecule has 2 aromatic rings. The zero-order valence-electron chi connectivity index (χ0n) is 16.2. The molecular formula is C23H27FN2O2. The van der Waals surface area contributed by atoms with Crippen molar-refractivity contribution < 1.29 is 14.0 Å². The van der Waals surface area contributed by atoms with E-state index in [2.05, 4.69) is 17.4 Å². The van der Waals surface area contributed by atoms with E-state index < -0.39 is 0 Å². The second-order valence-electron chi connectivity index (χ2n) is 7.53. The summed E-state index contributed by atoms with van der Waals surface area (Å²) >= 11 is 0. The third-order valence-electron chi connectivity index (χ3n) is 5.27. The Labute approximate surface area is 165 Å². The lowest BCUT2D eigenvalue weighted by molar-refractivity contribution is -0.127. The van der Waals surface area contributed by atoms with Gasteiger partial charge in [0.2, 0.25) is 5.91 Å². The summed E-state index contributed by atoms with van der Waals surface area (Å²) in [6.07, 6.45) is 3.37. The third-order valence-corrected chi connectivity index (χ3v) is 5.27. The summed E-state index contributed by atoms with van der Waals surface area (Å²) in [4.78, 5) is 27.0. The van der Waals surface area contributed by atoms with Crippen LogP contribution < -0.4 is 5.32 Å². The number of carbonyl (C=O) groups excluding carboxylic acids is 2. The van der Waals surface area contributed by atoms with Crippen molar-refractivity contribution in [3.63, 3.8) is 0 Å². The topological polar surface area (TPSA) is 49.4 Å². The first kappa shape index (κ1) is 20.1. The maximum atomic E-state index is 13.1. The van der Waals surface area contributed by atoms with Gasteiger partial charge in [-0.1, -0.05) is 30.3 Å². The van der Waals surface area contributed by atoms with Gasteiger partial charge in [0.05, 0.1) is 5.92 Å². The molecule has 0 radical (unpaired) electrons. The Balaban J connectivity index is 1.50. The van der Waals surface area contributed by atoms with Crippen molar-refractivity contribution in [2.24, 2.45) is 5.92 Å². The molecule has 1 heterocycles. The van der Waals surface area contributed by atoms with Gasteiger partial charge in [-0.2, -0.15) is 0 Å². The Hall–Kier alpha value is -2.69. The zero-order chi connectivity index (χ0) is 19.9. The maximum absolute atomic E-state index is 13.1. The molecule has 1 saturated heterocycles. The number of amides is 2. The zero-order valence-corrected chi connectivity index (χ0v) is 16.2. The van der Waals surface area contributed by atoms with E-state index in [-0.39, 0.29) is 29.6 Å². The fourth-order valence-electron chi connectivity index (χ4n) is 3.61. The second kappa shape index (κ2) is 9.49. The highest BCUT2D eigenvalue weighted by Crippen LogP contribution is 2.19. The number of piperidine rings is 1. The summed E-state index contributed by atoms with van der Waals surface area (Å²) in [5.74, 6) is -0.693. The van der Waals surface area contributed by atoms with Crippen LogP contribution in [0.2, 0.25) is 0 Å². The van der Waals surface area contributed by atoms with Gasteiger partial charge in [0, 0.05) is 24.7 Å². The van der Waals surface area contributed by atoms with E-state index in [4.69, 9.17) is 0 Å². The van der Waals surface area contributed by atoms with Crippen LogP contribution in [0, 0.1) is 11.7 Å². The minimum absolute atomic E-state index is 0.0113. The molecule has 0 aromatic heterocycles. The molecule has 0 spiro atoms. The average Bonchev–Trinajstić information content (AvgIpc) is 2.73. The normalized spacial score (nSPS) is 17.8. The maximum Gasteiger partial charge on any atom is 0.253 e. The van der Waals surface area contributed by atoms with Crippen molar-refractivity contribution in [2.45, 2.75) is 38.6 Å². The smallest absolute Gasteiger partial charge is 0.253 e. The number of benzene rings is 2. The van der Waals surface area contributed by atoms with Gasteiger partial charge < -0.3 is 10.2 Å². The van der Waals surface area contributed by atoms with Gasteiger partial charge in [-0.3, -0.25) is 9.59 Å². The van der Waals surface area contributed by atoms with Crippen LogP contribution in [-0.2, 0) is 11.2 Å². The van der Waals surface area contributed by atoms with E-state index in [1.165, 1.54) is 29.8 Å². The molecule has 2 aromatic carbocycles. The van der Waals surface area contributed by atoms with Gasteiger partial charge in [-0.05, 0) is 62.4 Å². The second-order valence-corrected chi connectivity index (χ2v) is 7.53. The van der Waals surface area contributed by atoms with Crippen molar-refractivity contribution in [1.29, 1.82) is 0 Å². The molecule has 1 fully saturated rings. The predicted molar refractivity (Wildman–Crippen MR) is 107 cm³/mol. The van der Waals surface area contributed by atoms with E-state index in [0.29, 0.717) is 18.7 Å². The number of rotatable bonds is 6. The fourth-order valence-corrected chi connectivity index (χ4v) is 3.61. The van der Waals surface area contributed by atoms with E-state index in [9.17, 15) is 14.0 Å². The molecule has 5 heteroatoms. The number of nitrogens with one attached hydrogen (secondary N) is 1. The van der Waals surface area contributed by atoms with Crippen LogP contribution in [0.3, 0.4) is 0 Å². The molecule has 0 saturated carbocycles. The Kier molecular flexibility index (Phi) is 6.80. The highest BCUT2D eigenvalue weighted by Gasteiger charge is 2.29. The van der Waals surface area contributed by atoms with E-state index >= 15 is 0 Å². The van der Waals surface area contributed by atoms with Crippen LogP contribution >= 0.6 is 0 Å². The molecule has 2 atom stereocenters. The van der Waals surface area contributed by atoms with Gasteiger partial charge in [-0.25, -0.2) is 4.39 Å². The number of carbonyl (C=O) groups is 2. The van der Waals surface area contributed by atoms with Gasteiger partial charge >= 0.3 is 0 Å². The lowest BCUT2D eigenvalue weighted by Gasteiger charge is -2.32. The first-order chi connectivity index (χ1) is 13.5. The van der Waals surface area contributed by atoms with Crippen molar-refractivity contribution in [3.05, 3.63) is 71.5 Å². The largest absolute Gasteiger partial charge is 0.353 e. The summed E-state index contributed by atoms with van der Waals surface area (Å²) in [7, 11) is 0. The summed E-state index contributed by atoms with van der Waals surface area (Å²) in [6.45, 7) is 3.06. The number of hydrogen-bond acceptors (Lipinski definition) is 2. The molecule has 1 aliphatic rings. The van der Waals surface area contributed by atoms with Crippen LogP contribution in [0.1, 0.15) is 42.1 Å². The predicted octanol–water partition coefficient (Wildman–Crippen LogP) is 3.82. The molecule has 1 N–H and O–H groups in total. The summed E-state index contributed by atoms with van der Waals surface area (Å²) in [5.41, 5.74) is 1.72. The lowest BCUT2D eigenvalue weighted by atomic mass is 9.95. The van der Waals surface area contributed by atoms with Crippen LogP contribution in [0.15, 0.2) is 54.6 Å². The van der Waals surface area contributed by atoms with Crippen molar-refractivity contribution in [1.82, 2.24) is 10.2 Å². The van der Waals surface area contributed by atoms with Crippen molar-refractivity contribution in [3.8, 4) is 0 Å². The Morgan fingerprint density at radius 2 is 1.86 bits per heavy atom. The SMILES string of the molecule is C[C@@H](CCc1ccccc1)NC(=O)[C@@H]1CCCN(C(=O)c2ccc(F)cc2)C1. The molecule has 1 aliphatic heterocycles. The highest BCUT2D eigenvalue weighted by atomic mass is 19.1. The summed E-state index contributed by atoms with van der Waals surface area (Å²) in [5, 5.41) is 3.10. The van der Waals surface area contributed by atoms with Crippen LogP contribution in [-0.4, -0.2) is 35.8 Å². The number of aryl methyl sites for hydroxylation is 1. The standard InChI is InChI=1S/C23H27FN2O2/c1-17(9-10-18-6-3-2-4-7-18)25-22(27)20-8-5-15-26(16-20)23(28)19-11-13-21(24)14-12-19/h2-4,6-7,11-14,17,20H,5,8-10,15-16H2,1H3,(H,25,27)/t17-,20+/m0/s1. The molecule has 0 aliphatic carbocycles. The molecule has 0 unspecified atom stereocenters. The van der Waals surface area contributed by atoms with E-state index in [1.54, 1.807) is 4.90 Å². The van der Waals surface area contributed by atoms with Crippen LogP contribution in [0.4, 0.5) is 4.39 Å². The first-order valence-electron chi connectivity index (χ1n) is 9.92. The van der Waals surface area contributed by atoms with Crippen molar-refractivity contribution >= 4 is 11.8 Å². The quantitative estimate of drug-likeness (QED) is 0.826. The number of hydrogen-bond donors (Lipinski definition) is 1. The first-order valence-corrected chi connectivity index (χ1v) is 9.92. The molecule has 4 nitrogen and oxygen atoms in total. The Morgan fingerprint density at radius 1 is 1.14 bits per heavy atom. The molecule has 3 rings (SSSR count). The minimum atomic E-state index is -0.364. The summed E-state index contributed by atoms with van der Waals surface area (Å²) < 4.78 is 13.1. The fraction of sp³-hybridized carbons (Fsp3) is 0.391. The lowest BCUT2D eigenvalue weighted by Crippen LogP contribution is -2.47. The minimum Gasteiger partial charge on any atom is -0.353 e. The molecular weight excluding hydrogens is 355 g/mol.